The molecular formula is C12H24N2O. The van der Waals surface area contributed by atoms with Crippen LogP contribution in [-0.4, -0.2) is 37.0 Å². The lowest BCUT2D eigenvalue weighted by molar-refractivity contribution is -0.132. The molecule has 3 heteroatoms. The van der Waals surface area contributed by atoms with Gasteiger partial charge in [0.25, 0.3) is 0 Å². The van der Waals surface area contributed by atoms with Gasteiger partial charge in [-0.3, -0.25) is 4.79 Å². The molecule has 1 saturated heterocycles. The summed E-state index contributed by atoms with van der Waals surface area (Å²) in [6.45, 7) is 4.09. The third-order valence-electron chi connectivity index (χ3n) is 3.08. The van der Waals surface area contributed by atoms with Gasteiger partial charge < -0.3 is 10.2 Å². The van der Waals surface area contributed by atoms with E-state index in [-0.39, 0.29) is 11.9 Å². The first kappa shape index (κ1) is 12.5. The fraction of sp³-hybridized carbons (Fsp3) is 0.917. The molecule has 0 aromatic carbocycles. The van der Waals surface area contributed by atoms with Crippen molar-refractivity contribution >= 4 is 5.91 Å². The highest BCUT2D eigenvalue weighted by molar-refractivity contribution is 5.81. The zero-order valence-electron chi connectivity index (χ0n) is 10.1. The molecule has 0 aromatic rings. The predicted molar refractivity (Wildman–Crippen MR) is 62.8 cm³/mol. The van der Waals surface area contributed by atoms with Gasteiger partial charge in [-0.2, -0.15) is 0 Å². The van der Waals surface area contributed by atoms with E-state index in [1.807, 2.05) is 11.9 Å². The molecule has 0 saturated carbocycles. The first-order chi connectivity index (χ1) is 7.25. The van der Waals surface area contributed by atoms with Gasteiger partial charge in [0.05, 0.1) is 6.04 Å². The third kappa shape index (κ3) is 4.20. The number of hydrogen-bond acceptors (Lipinski definition) is 2. The van der Waals surface area contributed by atoms with Crippen molar-refractivity contribution in [1.29, 1.82) is 0 Å². The molecule has 1 aliphatic rings. The lowest BCUT2D eigenvalue weighted by Gasteiger charge is -2.27. The molecule has 0 radical (unpaired) electrons. The van der Waals surface area contributed by atoms with Gasteiger partial charge in [-0.05, 0) is 25.8 Å². The van der Waals surface area contributed by atoms with E-state index in [2.05, 4.69) is 12.2 Å². The average Bonchev–Trinajstić information content (AvgIpc) is 2.29. The van der Waals surface area contributed by atoms with Crippen LogP contribution in [0.15, 0.2) is 0 Å². The Hall–Kier alpha value is -0.570. The van der Waals surface area contributed by atoms with Crippen molar-refractivity contribution in [1.82, 2.24) is 10.2 Å². The monoisotopic (exact) mass is 212 g/mol. The lowest BCUT2D eigenvalue weighted by atomic mass is 10.0. The van der Waals surface area contributed by atoms with Crippen LogP contribution in [0.5, 0.6) is 0 Å². The number of hydrogen-bond donors (Lipinski definition) is 1. The average molecular weight is 212 g/mol. The van der Waals surface area contributed by atoms with Crippen molar-refractivity contribution in [2.75, 3.05) is 20.1 Å². The summed E-state index contributed by atoms with van der Waals surface area (Å²) in [6, 6.07) is 0.0883. The standard InChI is InChI=1S/C12H24N2O/c1-3-4-7-10-14(2)12(15)11-8-5-6-9-13-11/h11,13H,3-10H2,1-2H3/t11-/m0/s1. The smallest absolute Gasteiger partial charge is 0.239 e. The molecule has 1 amide bonds. The summed E-state index contributed by atoms with van der Waals surface area (Å²) in [5.41, 5.74) is 0. The Kier molecular flexibility index (Phi) is 5.69. The van der Waals surface area contributed by atoms with Crippen molar-refractivity contribution in [3.8, 4) is 0 Å². The van der Waals surface area contributed by atoms with Gasteiger partial charge in [0, 0.05) is 13.6 Å². The maximum absolute atomic E-state index is 12.0. The molecule has 1 aliphatic heterocycles. The fourth-order valence-corrected chi connectivity index (χ4v) is 2.04. The van der Waals surface area contributed by atoms with Crippen LogP contribution in [0.1, 0.15) is 45.4 Å². The van der Waals surface area contributed by atoms with E-state index in [4.69, 9.17) is 0 Å². The molecule has 0 aliphatic carbocycles. The minimum absolute atomic E-state index is 0.0883. The van der Waals surface area contributed by atoms with E-state index in [1.165, 1.54) is 25.7 Å². The molecule has 15 heavy (non-hydrogen) atoms. The minimum Gasteiger partial charge on any atom is -0.344 e. The lowest BCUT2D eigenvalue weighted by Crippen LogP contribution is -2.47. The van der Waals surface area contributed by atoms with Gasteiger partial charge in [-0.15, -0.1) is 0 Å². The molecule has 0 bridgehead atoms. The summed E-state index contributed by atoms with van der Waals surface area (Å²) >= 11 is 0. The summed E-state index contributed by atoms with van der Waals surface area (Å²) < 4.78 is 0. The summed E-state index contributed by atoms with van der Waals surface area (Å²) in [5, 5.41) is 3.30. The Bertz CT molecular complexity index is 188. The second-order valence-corrected chi connectivity index (χ2v) is 4.47. The number of carbonyl (C=O) groups is 1. The van der Waals surface area contributed by atoms with Crippen LogP contribution >= 0.6 is 0 Å². The van der Waals surface area contributed by atoms with Crippen LogP contribution in [0.25, 0.3) is 0 Å². The maximum Gasteiger partial charge on any atom is 0.239 e. The molecule has 88 valence electrons. The van der Waals surface area contributed by atoms with Gasteiger partial charge in [0.15, 0.2) is 0 Å². The Balaban J connectivity index is 2.24. The normalized spacial score (nSPS) is 21.3. The van der Waals surface area contributed by atoms with Crippen molar-refractivity contribution in [2.24, 2.45) is 0 Å². The maximum atomic E-state index is 12.0. The van der Waals surface area contributed by atoms with E-state index in [9.17, 15) is 4.79 Å². The van der Waals surface area contributed by atoms with Gasteiger partial charge in [-0.1, -0.05) is 26.2 Å². The predicted octanol–water partition coefficient (Wildman–Crippen LogP) is 1.78. The molecule has 3 nitrogen and oxygen atoms in total. The van der Waals surface area contributed by atoms with Crippen LogP contribution in [0.4, 0.5) is 0 Å². The highest BCUT2D eigenvalue weighted by atomic mass is 16.2. The van der Waals surface area contributed by atoms with Crippen molar-refractivity contribution < 1.29 is 4.79 Å². The fourth-order valence-electron chi connectivity index (χ4n) is 2.04. The number of rotatable bonds is 5. The van der Waals surface area contributed by atoms with Crippen molar-refractivity contribution in [3.05, 3.63) is 0 Å². The summed E-state index contributed by atoms with van der Waals surface area (Å²) in [6.07, 6.45) is 6.97. The van der Waals surface area contributed by atoms with Gasteiger partial charge in [-0.25, -0.2) is 0 Å². The van der Waals surface area contributed by atoms with E-state index >= 15 is 0 Å². The van der Waals surface area contributed by atoms with E-state index in [0.29, 0.717) is 0 Å². The van der Waals surface area contributed by atoms with Crippen molar-refractivity contribution in [2.45, 2.75) is 51.5 Å². The number of nitrogens with zero attached hydrogens (tertiary/aromatic N) is 1. The Morgan fingerprint density at radius 2 is 2.20 bits per heavy atom. The topological polar surface area (TPSA) is 32.3 Å². The Labute approximate surface area is 93.2 Å². The second kappa shape index (κ2) is 6.83. The Morgan fingerprint density at radius 1 is 1.40 bits per heavy atom. The molecule has 1 rings (SSSR count). The molecule has 1 heterocycles. The van der Waals surface area contributed by atoms with Gasteiger partial charge in [0.1, 0.15) is 0 Å². The highest BCUT2D eigenvalue weighted by Crippen LogP contribution is 2.09. The van der Waals surface area contributed by atoms with Gasteiger partial charge in [0.2, 0.25) is 5.91 Å². The molecule has 0 aromatic heterocycles. The summed E-state index contributed by atoms with van der Waals surface area (Å²) in [5.74, 6) is 0.283. The molecule has 1 atom stereocenters. The molecular weight excluding hydrogens is 188 g/mol. The number of piperidine rings is 1. The van der Waals surface area contributed by atoms with E-state index < -0.39 is 0 Å². The SMILES string of the molecule is CCCCCN(C)C(=O)[C@@H]1CCCCN1. The zero-order valence-corrected chi connectivity index (χ0v) is 10.1. The van der Waals surface area contributed by atoms with Crippen molar-refractivity contribution in [3.63, 3.8) is 0 Å². The third-order valence-corrected chi connectivity index (χ3v) is 3.08. The van der Waals surface area contributed by atoms with Crippen LogP contribution < -0.4 is 5.32 Å². The van der Waals surface area contributed by atoms with E-state index in [0.717, 1.165) is 25.9 Å². The van der Waals surface area contributed by atoms with Gasteiger partial charge >= 0.3 is 0 Å². The Morgan fingerprint density at radius 3 is 2.80 bits per heavy atom. The largest absolute Gasteiger partial charge is 0.344 e. The summed E-state index contributed by atoms with van der Waals surface area (Å²) in [4.78, 5) is 13.8. The number of amides is 1. The molecule has 1 fully saturated rings. The second-order valence-electron chi connectivity index (χ2n) is 4.47. The first-order valence-corrected chi connectivity index (χ1v) is 6.24. The summed E-state index contributed by atoms with van der Waals surface area (Å²) in [7, 11) is 1.92. The first-order valence-electron chi connectivity index (χ1n) is 6.24. The van der Waals surface area contributed by atoms with Crippen LogP contribution in [0.2, 0.25) is 0 Å². The number of carbonyl (C=O) groups excluding carboxylic acids is 1. The molecule has 0 spiro atoms. The minimum atomic E-state index is 0.0883. The van der Waals surface area contributed by atoms with Crippen LogP contribution in [0.3, 0.4) is 0 Å². The van der Waals surface area contributed by atoms with Crippen LogP contribution in [-0.2, 0) is 4.79 Å². The number of nitrogens with one attached hydrogen (secondary N) is 1. The van der Waals surface area contributed by atoms with E-state index in [1.54, 1.807) is 0 Å². The zero-order chi connectivity index (χ0) is 11.1. The van der Waals surface area contributed by atoms with Crippen LogP contribution in [0, 0.1) is 0 Å². The number of unbranched alkanes of at least 4 members (excludes halogenated alkanes) is 2. The quantitative estimate of drug-likeness (QED) is 0.705. The molecule has 0 unspecified atom stereocenters. The molecule has 1 N–H and O–H groups in total. The highest BCUT2D eigenvalue weighted by Gasteiger charge is 2.22. The number of likely N-dealkylation sites (N-methyl/N-ethyl adjacent to an activating group) is 1.